The van der Waals surface area contributed by atoms with E-state index in [1.165, 1.54) is 13.2 Å². The molecule has 0 bridgehead atoms. The van der Waals surface area contributed by atoms with Gasteiger partial charge in [0.05, 0.1) is 18.0 Å². The van der Waals surface area contributed by atoms with Crippen molar-refractivity contribution < 1.29 is 23.0 Å². The van der Waals surface area contributed by atoms with Crippen molar-refractivity contribution in [2.75, 3.05) is 12.4 Å². The van der Waals surface area contributed by atoms with Crippen molar-refractivity contribution in [1.82, 2.24) is 20.1 Å². The number of carbonyl (C=O) groups is 1. The summed E-state index contributed by atoms with van der Waals surface area (Å²) in [6, 6.07) is 17.4. The first-order valence-corrected chi connectivity index (χ1v) is 11.5. The predicted molar refractivity (Wildman–Crippen MR) is 136 cm³/mol. The molecule has 8 nitrogen and oxygen atoms in total. The molecule has 0 fully saturated rings. The highest BCUT2D eigenvalue weighted by Crippen LogP contribution is 2.30. The van der Waals surface area contributed by atoms with Crippen LogP contribution in [0.5, 0.6) is 5.75 Å². The highest BCUT2D eigenvalue weighted by atomic mass is 19.3. The number of carbonyl (C=O) groups excluding carboxylic acids is 1. The highest BCUT2D eigenvalue weighted by molar-refractivity contribution is 5.90. The summed E-state index contributed by atoms with van der Waals surface area (Å²) >= 11 is 0. The molecule has 2 aromatic heterocycles. The SMILES string of the molecule is COCc1ccc(OC(F)F)c(CNC(=O)Nc2c(C)c(-c3ccc(C)nc3)nn2-c2ccccc2)c1. The Morgan fingerprint density at radius 3 is 2.54 bits per heavy atom. The van der Waals surface area contributed by atoms with Crippen LogP contribution in [0.1, 0.15) is 22.4 Å². The van der Waals surface area contributed by atoms with E-state index in [9.17, 15) is 13.6 Å². The number of pyridine rings is 1. The molecule has 2 aromatic carbocycles. The number of hydrogen-bond donors (Lipinski definition) is 2. The van der Waals surface area contributed by atoms with E-state index in [0.29, 0.717) is 23.7 Å². The van der Waals surface area contributed by atoms with Gasteiger partial charge in [0, 0.05) is 42.2 Å². The van der Waals surface area contributed by atoms with Crippen molar-refractivity contribution >= 4 is 11.8 Å². The lowest BCUT2D eigenvalue weighted by molar-refractivity contribution is -0.0504. The molecule has 0 aliphatic heterocycles. The van der Waals surface area contributed by atoms with Gasteiger partial charge in [-0.15, -0.1) is 0 Å². The summed E-state index contributed by atoms with van der Waals surface area (Å²) in [5, 5.41) is 10.3. The van der Waals surface area contributed by atoms with Crippen LogP contribution in [-0.2, 0) is 17.9 Å². The van der Waals surface area contributed by atoms with Gasteiger partial charge in [0.2, 0.25) is 0 Å². The van der Waals surface area contributed by atoms with E-state index in [0.717, 1.165) is 28.1 Å². The number of benzene rings is 2. The number of alkyl halides is 2. The van der Waals surface area contributed by atoms with Crippen LogP contribution in [0, 0.1) is 13.8 Å². The Morgan fingerprint density at radius 1 is 1.08 bits per heavy atom. The molecule has 0 unspecified atom stereocenters. The largest absolute Gasteiger partial charge is 0.434 e. The number of hydrogen-bond acceptors (Lipinski definition) is 5. The normalized spacial score (nSPS) is 11.0. The molecule has 0 saturated carbocycles. The Kier molecular flexibility index (Phi) is 8.09. The lowest BCUT2D eigenvalue weighted by Gasteiger charge is -2.14. The standard InChI is InChI=1S/C27H27F2N5O3/c1-17-9-11-20(14-30-17)24-18(2)25(34(33-24)22-7-5-4-6-8-22)32-27(35)31-15-21-13-19(16-36-3)10-12-23(21)37-26(28)29/h4-14,26H,15-16H2,1-3H3,(H2,31,32,35). The number of para-hydroxylation sites is 1. The number of nitrogens with zero attached hydrogens (tertiary/aromatic N) is 3. The molecule has 0 radical (unpaired) electrons. The van der Waals surface area contributed by atoms with Gasteiger partial charge in [0.15, 0.2) is 0 Å². The maximum atomic E-state index is 13.0. The maximum absolute atomic E-state index is 13.0. The fraction of sp³-hybridized carbons (Fsp3) is 0.222. The van der Waals surface area contributed by atoms with E-state index in [2.05, 4.69) is 20.4 Å². The average molecular weight is 508 g/mol. The quantitative estimate of drug-likeness (QED) is 0.307. The lowest BCUT2D eigenvalue weighted by atomic mass is 10.1. The monoisotopic (exact) mass is 507 g/mol. The Balaban J connectivity index is 1.60. The van der Waals surface area contributed by atoms with Gasteiger partial charge >= 0.3 is 12.6 Å². The van der Waals surface area contributed by atoms with E-state index in [1.807, 2.05) is 56.3 Å². The van der Waals surface area contributed by atoms with Gasteiger partial charge in [-0.3, -0.25) is 10.3 Å². The molecule has 4 rings (SSSR count). The number of methoxy groups -OCH3 is 1. The molecule has 2 heterocycles. The summed E-state index contributed by atoms with van der Waals surface area (Å²) in [7, 11) is 1.54. The molecule has 0 saturated heterocycles. The van der Waals surface area contributed by atoms with Crippen LogP contribution in [0.3, 0.4) is 0 Å². The molecule has 0 atom stereocenters. The number of rotatable bonds is 9. The Labute approximate surface area is 213 Å². The minimum absolute atomic E-state index is 0.0187. The van der Waals surface area contributed by atoms with Crippen LogP contribution in [0.15, 0.2) is 66.9 Å². The van der Waals surface area contributed by atoms with E-state index in [-0.39, 0.29) is 12.3 Å². The third-order valence-electron chi connectivity index (χ3n) is 5.63. The number of urea groups is 1. The van der Waals surface area contributed by atoms with Gasteiger partial charge in [0.1, 0.15) is 11.6 Å². The Bertz CT molecular complexity index is 1360. The molecule has 0 spiro atoms. The maximum Gasteiger partial charge on any atom is 0.387 e. The van der Waals surface area contributed by atoms with Crippen LogP contribution in [0.4, 0.5) is 19.4 Å². The van der Waals surface area contributed by atoms with E-state index in [4.69, 9.17) is 9.84 Å². The van der Waals surface area contributed by atoms with Crippen molar-refractivity contribution in [3.63, 3.8) is 0 Å². The first kappa shape index (κ1) is 25.8. The summed E-state index contributed by atoms with van der Waals surface area (Å²) in [6.07, 6.45) is 1.74. The highest BCUT2D eigenvalue weighted by Gasteiger charge is 2.20. The number of anilines is 1. The Hall–Kier alpha value is -4.31. The molecule has 2 amide bonds. The molecule has 4 aromatic rings. The zero-order chi connectivity index (χ0) is 26.4. The van der Waals surface area contributed by atoms with Gasteiger partial charge in [0.25, 0.3) is 0 Å². The zero-order valence-corrected chi connectivity index (χ0v) is 20.7. The topological polar surface area (TPSA) is 90.3 Å². The first-order valence-electron chi connectivity index (χ1n) is 11.5. The van der Waals surface area contributed by atoms with Crippen LogP contribution in [0.2, 0.25) is 0 Å². The van der Waals surface area contributed by atoms with Crippen LogP contribution >= 0.6 is 0 Å². The van der Waals surface area contributed by atoms with Crippen LogP contribution in [-0.4, -0.2) is 34.5 Å². The predicted octanol–water partition coefficient (Wildman–Crippen LogP) is 5.62. The second-order valence-corrected chi connectivity index (χ2v) is 8.32. The summed E-state index contributed by atoms with van der Waals surface area (Å²) in [5.74, 6) is 0.450. The number of aromatic nitrogens is 3. The lowest BCUT2D eigenvalue weighted by Crippen LogP contribution is -2.29. The third kappa shape index (κ3) is 6.28. The molecule has 37 heavy (non-hydrogen) atoms. The number of nitrogens with one attached hydrogen (secondary N) is 2. The van der Waals surface area contributed by atoms with Crippen LogP contribution in [0.25, 0.3) is 16.9 Å². The second-order valence-electron chi connectivity index (χ2n) is 8.32. The molecular formula is C27H27F2N5O3. The van der Waals surface area contributed by atoms with Crippen molar-refractivity contribution in [2.24, 2.45) is 0 Å². The van der Waals surface area contributed by atoms with Crippen molar-refractivity contribution in [1.29, 1.82) is 0 Å². The van der Waals surface area contributed by atoms with Crippen LogP contribution < -0.4 is 15.4 Å². The number of ether oxygens (including phenoxy) is 2. The number of aryl methyl sites for hydroxylation is 1. The minimum Gasteiger partial charge on any atom is -0.434 e. The summed E-state index contributed by atoms with van der Waals surface area (Å²) in [6.45, 7) is 1.02. The fourth-order valence-corrected chi connectivity index (χ4v) is 3.85. The van der Waals surface area contributed by atoms with E-state index >= 15 is 0 Å². The van der Waals surface area contributed by atoms with Crippen molar-refractivity contribution in [3.05, 3.63) is 89.2 Å². The summed E-state index contributed by atoms with van der Waals surface area (Å²) < 4.78 is 37.2. The molecular weight excluding hydrogens is 480 g/mol. The molecule has 0 aliphatic rings. The van der Waals surface area contributed by atoms with E-state index in [1.54, 1.807) is 23.0 Å². The van der Waals surface area contributed by atoms with Gasteiger partial charge in [-0.25, -0.2) is 9.48 Å². The molecule has 10 heteroatoms. The van der Waals surface area contributed by atoms with Crippen molar-refractivity contribution in [2.45, 2.75) is 33.6 Å². The fourth-order valence-electron chi connectivity index (χ4n) is 3.85. The summed E-state index contributed by atoms with van der Waals surface area (Å²) in [5.41, 5.74) is 5.02. The second kappa shape index (κ2) is 11.6. The minimum atomic E-state index is -2.99. The average Bonchev–Trinajstić information content (AvgIpc) is 3.20. The molecule has 2 N–H and O–H groups in total. The summed E-state index contributed by atoms with van der Waals surface area (Å²) in [4.78, 5) is 17.3. The van der Waals surface area contributed by atoms with Gasteiger partial charge in [-0.05, 0) is 55.8 Å². The first-order chi connectivity index (χ1) is 17.9. The number of halogens is 2. The molecule has 192 valence electrons. The smallest absolute Gasteiger partial charge is 0.387 e. The third-order valence-corrected chi connectivity index (χ3v) is 5.63. The van der Waals surface area contributed by atoms with Crippen molar-refractivity contribution in [3.8, 4) is 22.7 Å². The van der Waals surface area contributed by atoms with Gasteiger partial charge in [-0.2, -0.15) is 13.9 Å². The molecule has 0 aliphatic carbocycles. The number of amides is 2. The zero-order valence-electron chi connectivity index (χ0n) is 20.7. The Morgan fingerprint density at radius 2 is 1.86 bits per heavy atom. The van der Waals surface area contributed by atoms with Gasteiger partial charge < -0.3 is 14.8 Å². The van der Waals surface area contributed by atoms with Gasteiger partial charge in [-0.1, -0.05) is 24.3 Å². The van der Waals surface area contributed by atoms with E-state index < -0.39 is 12.6 Å².